The number of nitrogens with zero attached hydrogens (tertiary/aromatic N) is 2. The lowest BCUT2D eigenvalue weighted by atomic mass is 10.1. The SMILES string of the molecule is COc1ccccc1CCc1nc2cc(C(=O)NCCC(=O)O)ccc2n1CCCCc1ccccc1. The number of carbonyl (C=O) groups excluding carboxylic acids is 1. The van der Waals surface area contributed by atoms with Crippen LogP contribution in [0.2, 0.25) is 0 Å². The van der Waals surface area contributed by atoms with Crippen molar-refractivity contribution in [2.45, 2.75) is 45.1 Å². The van der Waals surface area contributed by atoms with E-state index in [1.807, 2.05) is 30.3 Å². The number of amides is 1. The van der Waals surface area contributed by atoms with Crippen molar-refractivity contribution in [3.63, 3.8) is 0 Å². The second-order valence-corrected chi connectivity index (χ2v) is 9.04. The van der Waals surface area contributed by atoms with Gasteiger partial charge in [0.05, 0.1) is 24.6 Å². The number of carboxylic acids is 1. The van der Waals surface area contributed by atoms with Crippen molar-refractivity contribution < 1.29 is 19.4 Å². The lowest BCUT2D eigenvalue weighted by Gasteiger charge is -2.11. The first kappa shape index (κ1) is 25.9. The highest BCUT2D eigenvalue weighted by atomic mass is 16.5. The lowest BCUT2D eigenvalue weighted by molar-refractivity contribution is -0.136. The molecule has 0 aliphatic rings. The highest BCUT2D eigenvalue weighted by Crippen LogP contribution is 2.23. The molecule has 1 amide bonds. The Morgan fingerprint density at radius 1 is 0.946 bits per heavy atom. The Labute approximate surface area is 217 Å². The van der Waals surface area contributed by atoms with Crippen molar-refractivity contribution in [1.29, 1.82) is 0 Å². The maximum absolute atomic E-state index is 12.5. The molecule has 3 aromatic carbocycles. The summed E-state index contributed by atoms with van der Waals surface area (Å²) >= 11 is 0. The Kier molecular flexibility index (Phi) is 8.92. The number of fused-ring (bicyclic) bond motifs is 1. The van der Waals surface area contributed by atoms with Crippen LogP contribution in [-0.2, 0) is 30.6 Å². The minimum Gasteiger partial charge on any atom is -0.496 e. The second-order valence-electron chi connectivity index (χ2n) is 9.04. The predicted molar refractivity (Wildman–Crippen MR) is 144 cm³/mol. The van der Waals surface area contributed by atoms with Gasteiger partial charge in [-0.15, -0.1) is 0 Å². The zero-order chi connectivity index (χ0) is 26.0. The standard InChI is InChI=1S/C30H33N3O4/c1-37-27-13-6-5-12-23(27)15-17-28-32-25-21-24(30(36)31-19-18-29(34)35)14-16-26(25)33(28)20-8-7-11-22-9-3-2-4-10-22/h2-6,9-10,12-14,16,21H,7-8,11,15,17-20H2,1H3,(H,31,36)(H,34,35). The Hall–Kier alpha value is -4.13. The molecule has 0 bridgehead atoms. The summed E-state index contributed by atoms with van der Waals surface area (Å²) in [6.07, 6.45) is 4.54. The third-order valence-corrected chi connectivity index (χ3v) is 6.46. The smallest absolute Gasteiger partial charge is 0.305 e. The van der Waals surface area contributed by atoms with Crippen LogP contribution in [0.3, 0.4) is 0 Å². The Morgan fingerprint density at radius 3 is 2.51 bits per heavy atom. The van der Waals surface area contributed by atoms with E-state index in [0.717, 1.165) is 66.8 Å². The van der Waals surface area contributed by atoms with Gasteiger partial charge in [-0.2, -0.15) is 0 Å². The predicted octanol–water partition coefficient (Wildman–Crippen LogP) is 5.06. The average molecular weight is 500 g/mol. The van der Waals surface area contributed by atoms with E-state index in [0.29, 0.717) is 5.56 Å². The molecule has 0 saturated carbocycles. The van der Waals surface area contributed by atoms with Crippen molar-refractivity contribution in [1.82, 2.24) is 14.9 Å². The summed E-state index contributed by atoms with van der Waals surface area (Å²) in [5.41, 5.74) is 4.71. The number of unbranched alkanes of at least 4 members (excludes halogenated alkanes) is 1. The normalized spacial score (nSPS) is 10.9. The zero-order valence-electron chi connectivity index (χ0n) is 21.2. The molecule has 192 valence electrons. The fraction of sp³-hybridized carbons (Fsp3) is 0.300. The number of carboxylic acid groups (broad SMARTS) is 1. The number of benzene rings is 3. The van der Waals surface area contributed by atoms with Gasteiger partial charge in [0.2, 0.25) is 0 Å². The van der Waals surface area contributed by atoms with E-state index >= 15 is 0 Å². The van der Waals surface area contributed by atoms with Gasteiger partial charge < -0.3 is 19.7 Å². The van der Waals surface area contributed by atoms with E-state index in [1.165, 1.54) is 5.56 Å². The van der Waals surface area contributed by atoms with Crippen molar-refractivity contribution in [3.8, 4) is 5.75 Å². The average Bonchev–Trinajstić information content (AvgIpc) is 3.26. The van der Waals surface area contributed by atoms with Gasteiger partial charge in [-0.25, -0.2) is 4.98 Å². The van der Waals surface area contributed by atoms with Gasteiger partial charge in [-0.1, -0.05) is 48.5 Å². The fourth-order valence-electron chi connectivity index (χ4n) is 4.55. The monoisotopic (exact) mass is 499 g/mol. The molecule has 4 aromatic rings. The number of carbonyl (C=O) groups is 2. The summed E-state index contributed by atoms with van der Waals surface area (Å²) in [5.74, 6) is 0.606. The minimum atomic E-state index is -0.943. The number of aliphatic carboxylic acids is 1. The number of nitrogens with one attached hydrogen (secondary N) is 1. The molecule has 0 unspecified atom stereocenters. The zero-order valence-corrected chi connectivity index (χ0v) is 21.2. The number of rotatable bonds is 13. The minimum absolute atomic E-state index is 0.0895. The number of hydrogen-bond donors (Lipinski definition) is 2. The van der Waals surface area contributed by atoms with E-state index in [4.69, 9.17) is 14.8 Å². The number of imidazole rings is 1. The van der Waals surface area contributed by atoms with Crippen LogP contribution >= 0.6 is 0 Å². The molecule has 0 aliphatic carbocycles. The molecule has 4 rings (SSSR count). The van der Waals surface area contributed by atoms with Crippen LogP contribution in [0.25, 0.3) is 11.0 Å². The Morgan fingerprint density at radius 2 is 1.73 bits per heavy atom. The summed E-state index contributed by atoms with van der Waals surface area (Å²) in [6.45, 7) is 0.932. The topological polar surface area (TPSA) is 93.4 Å². The maximum atomic E-state index is 12.5. The number of ether oxygens (including phenoxy) is 1. The van der Waals surface area contributed by atoms with Crippen molar-refractivity contribution in [2.75, 3.05) is 13.7 Å². The molecule has 0 radical (unpaired) electrons. The van der Waals surface area contributed by atoms with Gasteiger partial charge in [-0.3, -0.25) is 9.59 Å². The van der Waals surface area contributed by atoms with Crippen molar-refractivity contribution in [2.24, 2.45) is 0 Å². The second kappa shape index (κ2) is 12.7. The van der Waals surface area contributed by atoms with E-state index in [9.17, 15) is 9.59 Å². The summed E-state index contributed by atoms with van der Waals surface area (Å²) in [7, 11) is 1.68. The quantitative estimate of drug-likeness (QED) is 0.251. The number of methoxy groups -OCH3 is 1. The van der Waals surface area contributed by atoms with Crippen molar-refractivity contribution >= 4 is 22.9 Å². The van der Waals surface area contributed by atoms with Gasteiger partial charge >= 0.3 is 5.97 Å². The number of aryl methyl sites for hydroxylation is 4. The summed E-state index contributed by atoms with van der Waals surface area (Å²) in [6, 6.07) is 24.0. The molecule has 0 saturated heterocycles. The van der Waals surface area contributed by atoms with E-state index in [2.05, 4.69) is 40.2 Å². The van der Waals surface area contributed by atoms with Gasteiger partial charge in [0.25, 0.3) is 5.91 Å². The van der Waals surface area contributed by atoms with E-state index < -0.39 is 5.97 Å². The molecule has 7 heteroatoms. The van der Waals surface area contributed by atoms with Gasteiger partial charge in [0.15, 0.2) is 0 Å². The molecule has 7 nitrogen and oxygen atoms in total. The molecular formula is C30H33N3O4. The molecule has 37 heavy (non-hydrogen) atoms. The van der Waals surface area contributed by atoms with Crippen LogP contribution in [0.15, 0.2) is 72.8 Å². The first-order chi connectivity index (χ1) is 18.0. The molecule has 0 aliphatic heterocycles. The Balaban J connectivity index is 1.52. The number of aromatic nitrogens is 2. The first-order valence-corrected chi connectivity index (χ1v) is 12.7. The van der Waals surface area contributed by atoms with Crippen LogP contribution in [0.4, 0.5) is 0 Å². The summed E-state index contributed by atoms with van der Waals surface area (Å²) < 4.78 is 7.79. The molecular weight excluding hydrogens is 466 g/mol. The van der Waals surface area contributed by atoms with Gasteiger partial charge in [0, 0.05) is 25.1 Å². The Bertz CT molecular complexity index is 1350. The largest absolute Gasteiger partial charge is 0.496 e. The molecule has 1 heterocycles. The highest BCUT2D eigenvalue weighted by Gasteiger charge is 2.15. The van der Waals surface area contributed by atoms with Crippen LogP contribution in [0.5, 0.6) is 5.75 Å². The first-order valence-electron chi connectivity index (χ1n) is 12.7. The molecule has 0 atom stereocenters. The third-order valence-electron chi connectivity index (χ3n) is 6.46. The number of para-hydroxylation sites is 1. The van der Waals surface area contributed by atoms with Crippen LogP contribution in [-0.4, -0.2) is 40.2 Å². The van der Waals surface area contributed by atoms with E-state index in [-0.39, 0.29) is 18.9 Å². The third kappa shape index (κ3) is 6.97. The van der Waals surface area contributed by atoms with E-state index in [1.54, 1.807) is 19.2 Å². The van der Waals surface area contributed by atoms with Crippen LogP contribution in [0, 0.1) is 0 Å². The molecule has 2 N–H and O–H groups in total. The summed E-state index contributed by atoms with van der Waals surface area (Å²) in [5, 5.41) is 11.5. The van der Waals surface area contributed by atoms with Crippen LogP contribution in [0.1, 0.15) is 46.6 Å². The lowest BCUT2D eigenvalue weighted by Crippen LogP contribution is -2.25. The molecule has 1 aromatic heterocycles. The van der Waals surface area contributed by atoms with Crippen LogP contribution < -0.4 is 10.1 Å². The number of hydrogen-bond acceptors (Lipinski definition) is 4. The fourth-order valence-corrected chi connectivity index (χ4v) is 4.55. The molecule has 0 fully saturated rings. The van der Waals surface area contributed by atoms with Gasteiger partial charge in [0.1, 0.15) is 11.6 Å². The summed E-state index contributed by atoms with van der Waals surface area (Å²) in [4.78, 5) is 28.2. The highest BCUT2D eigenvalue weighted by molar-refractivity contribution is 5.97. The van der Waals surface area contributed by atoms with Crippen molar-refractivity contribution in [3.05, 3.63) is 95.3 Å². The molecule has 0 spiro atoms. The maximum Gasteiger partial charge on any atom is 0.305 e. The van der Waals surface area contributed by atoms with Gasteiger partial charge in [-0.05, 0) is 61.1 Å².